The molecule has 3 aliphatic carbocycles. The molecule has 1 aromatic carbocycles. The summed E-state index contributed by atoms with van der Waals surface area (Å²) in [6, 6.07) is 7.52. The number of imide groups is 1. The van der Waals surface area contributed by atoms with Crippen LogP contribution in [0.3, 0.4) is 0 Å². The van der Waals surface area contributed by atoms with Crippen LogP contribution in [0.15, 0.2) is 41.4 Å². The highest BCUT2D eigenvalue weighted by molar-refractivity contribution is 7.16. The lowest BCUT2D eigenvalue weighted by Gasteiger charge is -2.50. The van der Waals surface area contributed by atoms with Crippen LogP contribution in [-0.2, 0) is 34.9 Å². The van der Waals surface area contributed by atoms with E-state index in [9.17, 15) is 14.9 Å². The molecule has 0 bridgehead atoms. The van der Waals surface area contributed by atoms with E-state index in [2.05, 4.69) is 41.4 Å². The van der Waals surface area contributed by atoms with Crippen molar-refractivity contribution < 1.29 is 28.0 Å². The summed E-state index contributed by atoms with van der Waals surface area (Å²) in [6.07, 6.45) is 17.8. The minimum atomic E-state index is -0.582. The second-order valence-electron chi connectivity index (χ2n) is 20.7. The standard InChI is InChI=1S/C51H55FN12O5S/c1-62-36-22-37(35(52)21-33(36)43(60-62)32-7-8-39(65)57-48(32)66)64-19-15-49(16-20-64)13-17-63(18-14-49)27-50(9-4-10-50)28-67-40-23-41(68-30-25-55-29-56-26-30)59-47(58-40)44-31-5-2-11-51(45(31)69-61-44)12-3-6-38-42(51)34(24-53)46(54)70-38/h21-23,25-26,29,32H,2-20,27-28,54H2,1H3,(H,57,65,66)/t32?,51-/m0/s1. The number of hydrogen-bond donors (Lipinski definition) is 2. The van der Waals surface area contributed by atoms with Gasteiger partial charge in [0.15, 0.2) is 23.0 Å². The number of thiophene rings is 1. The maximum absolute atomic E-state index is 16.0. The second kappa shape index (κ2) is 17.4. The van der Waals surface area contributed by atoms with Crippen LogP contribution in [0.4, 0.5) is 15.1 Å². The molecular weight excluding hydrogens is 912 g/mol. The first kappa shape index (κ1) is 44.7. The van der Waals surface area contributed by atoms with E-state index in [4.69, 9.17) is 29.7 Å². The lowest BCUT2D eigenvalue weighted by Crippen LogP contribution is -2.51. The Balaban J connectivity index is 0.725. The number of carbonyl (C=O) groups excluding carboxylic acids is 2. The minimum Gasteiger partial charge on any atom is -0.477 e. The van der Waals surface area contributed by atoms with E-state index in [1.165, 1.54) is 23.7 Å². The molecular formula is C51H55FN12O5S. The number of likely N-dealkylation sites (tertiary alicyclic amines) is 1. The molecule has 6 aromatic rings. The van der Waals surface area contributed by atoms with Crippen LogP contribution in [-0.4, -0.2) is 90.9 Å². The van der Waals surface area contributed by atoms with E-state index in [0.29, 0.717) is 63.5 Å². The number of fused-ring (bicyclic) bond motifs is 5. The normalized spacial score (nSPS) is 22.9. The average Bonchev–Trinajstić information content (AvgIpc) is 4.04. The largest absolute Gasteiger partial charge is 0.477 e. The van der Waals surface area contributed by atoms with Gasteiger partial charge in [-0.2, -0.15) is 20.3 Å². The first-order valence-corrected chi connectivity index (χ1v) is 25.6. The summed E-state index contributed by atoms with van der Waals surface area (Å²) < 4.78 is 36.9. The summed E-state index contributed by atoms with van der Waals surface area (Å²) in [4.78, 5) is 48.5. The number of nitrogens with two attached hydrogens (primary N) is 1. The summed E-state index contributed by atoms with van der Waals surface area (Å²) in [5.41, 5.74) is 11.1. The van der Waals surface area contributed by atoms with Gasteiger partial charge < -0.3 is 29.5 Å². The van der Waals surface area contributed by atoms with Crippen molar-refractivity contribution in [1.82, 2.24) is 45.1 Å². The number of hydrogen-bond acceptors (Lipinski definition) is 16. The van der Waals surface area contributed by atoms with Gasteiger partial charge in [0.2, 0.25) is 23.6 Å². The summed E-state index contributed by atoms with van der Waals surface area (Å²) >= 11 is 1.52. The summed E-state index contributed by atoms with van der Waals surface area (Å²) in [6.45, 7) is 4.98. The Kier molecular flexibility index (Phi) is 11.1. The van der Waals surface area contributed by atoms with E-state index in [0.717, 1.165) is 143 Å². The molecule has 0 radical (unpaired) electrons. The molecule has 2 amide bonds. The molecule has 1 saturated carbocycles. The van der Waals surface area contributed by atoms with Crippen molar-refractivity contribution in [2.45, 2.75) is 108 Å². The number of nitrogens with zero attached hydrogens (tertiary/aromatic N) is 10. The highest BCUT2D eigenvalue weighted by Gasteiger charge is 2.49. The van der Waals surface area contributed by atoms with Gasteiger partial charge in [-0.15, -0.1) is 11.3 Å². The molecule has 362 valence electrons. The highest BCUT2D eigenvalue weighted by atomic mass is 32.1. The first-order chi connectivity index (χ1) is 34.0. The number of ether oxygens (including phenoxy) is 2. The van der Waals surface area contributed by atoms with E-state index < -0.39 is 11.3 Å². The maximum Gasteiger partial charge on any atom is 0.235 e. The van der Waals surface area contributed by atoms with Gasteiger partial charge in [0.25, 0.3) is 0 Å². The number of nitriles is 1. The van der Waals surface area contributed by atoms with E-state index in [1.54, 1.807) is 23.1 Å². The SMILES string of the molecule is Cn1nc(C2CCC(=O)NC2=O)c2cc(F)c(N3CCC4(CCN(CC5(COc6cc(Oc7cncnc7)nc(-c7noc8c7CCC[C@@]87CCCc8sc(N)c(C#N)c87)n6)CCC5)CC4)CC3)cc21. The number of rotatable bonds is 10. The van der Waals surface area contributed by atoms with Crippen LogP contribution in [0.1, 0.15) is 122 Å². The third kappa shape index (κ3) is 7.74. The Morgan fingerprint density at radius 3 is 2.46 bits per heavy atom. The monoisotopic (exact) mass is 966 g/mol. The van der Waals surface area contributed by atoms with Gasteiger partial charge in [-0.25, -0.2) is 14.4 Å². The topological polar surface area (TPSA) is 216 Å². The molecule has 70 heavy (non-hydrogen) atoms. The van der Waals surface area contributed by atoms with Crippen LogP contribution in [0.5, 0.6) is 17.5 Å². The van der Waals surface area contributed by atoms with Crippen molar-refractivity contribution in [3.8, 4) is 35.1 Å². The summed E-state index contributed by atoms with van der Waals surface area (Å²) in [5, 5.41) is 23.1. The van der Waals surface area contributed by atoms with Gasteiger partial charge in [0.05, 0.1) is 58.9 Å². The molecule has 19 heteroatoms. The van der Waals surface area contributed by atoms with Gasteiger partial charge in [-0.05, 0) is 120 Å². The van der Waals surface area contributed by atoms with Gasteiger partial charge in [0.1, 0.15) is 23.2 Å². The highest BCUT2D eigenvalue weighted by Crippen LogP contribution is 2.55. The minimum absolute atomic E-state index is 0.0216. The van der Waals surface area contributed by atoms with Crippen LogP contribution in [0, 0.1) is 28.0 Å². The van der Waals surface area contributed by atoms with Crippen LogP contribution >= 0.6 is 11.3 Å². The quantitative estimate of drug-likeness (QED) is 0.126. The zero-order chi connectivity index (χ0) is 47.8. The number of aromatic nitrogens is 7. The fraction of sp³-hybridized carbons (Fsp3) is 0.510. The van der Waals surface area contributed by atoms with Gasteiger partial charge in [-0.3, -0.25) is 19.6 Å². The fourth-order valence-corrected chi connectivity index (χ4v) is 13.9. The molecule has 3 saturated heterocycles. The zero-order valence-corrected chi connectivity index (χ0v) is 40.1. The Morgan fingerprint density at radius 1 is 0.957 bits per heavy atom. The summed E-state index contributed by atoms with van der Waals surface area (Å²) in [5.74, 6) is 0.667. The van der Waals surface area contributed by atoms with E-state index in [1.807, 2.05) is 13.1 Å². The van der Waals surface area contributed by atoms with Crippen LogP contribution in [0.25, 0.3) is 22.4 Å². The van der Waals surface area contributed by atoms with Crippen LogP contribution < -0.4 is 25.4 Å². The first-order valence-electron chi connectivity index (χ1n) is 24.7. The third-order valence-corrected chi connectivity index (χ3v) is 17.7. The molecule has 2 atom stereocenters. The van der Waals surface area contributed by atoms with Gasteiger partial charge >= 0.3 is 0 Å². The second-order valence-corrected chi connectivity index (χ2v) is 21.8. The molecule has 1 unspecified atom stereocenters. The zero-order valence-electron chi connectivity index (χ0n) is 39.3. The third-order valence-electron chi connectivity index (χ3n) is 16.6. The predicted octanol–water partition coefficient (Wildman–Crippen LogP) is 7.67. The van der Waals surface area contributed by atoms with Crippen molar-refractivity contribution in [1.29, 1.82) is 5.26 Å². The lowest BCUT2D eigenvalue weighted by molar-refractivity contribution is -0.134. The van der Waals surface area contributed by atoms with E-state index in [-0.39, 0.29) is 40.8 Å². The summed E-state index contributed by atoms with van der Waals surface area (Å²) in [7, 11) is 1.82. The molecule has 8 heterocycles. The van der Waals surface area contributed by atoms with Crippen molar-refractivity contribution in [2.75, 3.05) is 50.0 Å². The van der Waals surface area contributed by atoms with Crippen molar-refractivity contribution in [2.24, 2.45) is 17.9 Å². The van der Waals surface area contributed by atoms with Gasteiger partial charge in [-0.1, -0.05) is 11.6 Å². The number of amides is 2. The molecule has 5 aromatic heterocycles. The Labute approximate surface area is 407 Å². The Hall–Kier alpha value is -6.52. The van der Waals surface area contributed by atoms with Crippen LogP contribution in [0.2, 0.25) is 0 Å². The Morgan fingerprint density at radius 2 is 1.71 bits per heavy atom. The average molecular weight is 967 g/mol. The van der Waals surface area contributed by atoms with Crippen molar-refractivity contribution >= 4 is 44.7 Å². The number of anilines is 2. The maximum atomic E-state index is 16.0. The van der Waals surface area contributed by atoms with E-state index >= 15 is 4.39 Å². The molecule has 17 nitrogen and oxygen atoms in total. The molecule has 4 fully saturated rings. The fourth-order valence-electron chi connectivity index (χ4n) is 12.7. The number of nitrogen functional groups attached to an aromatic ring is 1. The number of nitrogens with one attached hydrogen (secondary N) is 1. The molecule has 6 aliphatic rings. The lowest BCUT2D eigenvalue weighted by atomic mass is 9.63. The molecule has 3 N–H and O–H groups in total. The number of aryl methyl sites for hydroxylation is 2. The number of piperidine rings is 3. The van der Waals surface area contributed by atoms with Gasteiger partial charge in [0, 0.05) is 54.3 Å². The predicted molar refractivity (Wildman–Crippen MR) is 257 cm³/mol. The molecule has 2 spiro atoms. The number of halogens is 1. The molecule has 3 aliphatic heterocycles. The number of carbonyl (C=O) groups is 2. The van der Waals surface area contributed by atoms with Crippen molar-refractivity contribution in [3.05, 3.63) is 75.8 Å². The number of benzene rings is 1. The molecule has 12 rings (SSSR count). The Bertz CT molecular complexity index is 3070. The smallest absolute Gasteiger partial charge is 0.235 e. The van der Waals surface area contributed by atoms with Crippen molar-refractivity contribution in [3.63, 3.8) is 0 Å².